The van der Waals surface area contributed by atoms with Crippen molar-refractivity contribution in [3.63, 3.8) is 0 Å². The molecule has 5 rings (SSSR count). The molecule has 0 radical (unpaired) electrons. The van der Waals surface area contributed by atoms with Crippen LogP contribution in [0, 0.1) is 0 Å². The first-order chi connectivity index (χ1) is 16.2. The minimum atomic E-state index is -0.440. The molecule has 1 unspecified atom stereocenters. The summed E-state index contributed by atoms with van der Waals surface area (Å²) in [5.74, 6) is 0.947. The number of carbonyl (C=O) groups excluding carboxylic acids is 1. The van der Waals surface area contributed by atoms with Crippen LogP contribution in [-0.2, 0) is 16.8 Å². The summed E-state index contributed by atoms with van der Waals surface area (Å²) in [6.45, 7) is 3.62. The molecule has 1 aliphatic carbocycles. The van der Waals surface area contributed by atoms with Gasteiger partial charge < -0.3 is 15.0 Å². The third kappa shape index (κ3) is 5.12. The third-order valence-electron chi connectivity index (χ3n) is 6.97. The average molecular weight is 441 g/mol. The number of amides is 1. The van der Waals surface area contributed by atoms with Crippen molar-refractivity contribution in [2.75, 3.05) is 19.6 Å². The molecule has 1 aliphatic heterocycles. The number of rotatable bonds is 9. The predicted molar refractivity (Wildman–Crippen MR) is 131 cm³/mol. The van der Waals surface area contributed by atoms with E-state index in [4.69, 9.17) is 4.74 Å². The maximum absolute atomic E-state index is 13.6. The summed E-state index contributed by atoms with van der Waals surface area (Å²) in [4.78, 5) is 16.1. The molecule has 2 aliphatic rings. The molecule has 1 saturated heterocycles. The van der Waals surface area contributed by atoms with Gasteiger partial charge >= 0.3 is 0 Å². The fraction of sp³-hybridized carbons (Fsp3) is 0.345. The first-order valence-corrected chi connectivity index (χ1v) is 12.1. The monoisotopic (exact) mass is 440 g/mol. The Bertz CT molecular complexity index is 1060. The lowest BCUT2D eigenvalue weighted by atomic mass is 9.93. The second-order valence-corrected chi connectivity index (χ2v) is 9.33. The molecule has 2 fully saturated rings. The topological polar surface area (TPSA) is 41.6 Å². The van der Waals surface area contributed by atoms with Crippen LogP contribution in [0.3, 0.4) is 0 Å². The highest BCUT2D eigenvalue weighted by Gasteiger charge is 2.51. The molecule has 1 heterocycles. The summed E-state index contributed by atoms with van der Waals surface area (Å²) in [6, 6.07) is 28.6. The normalized spacial score (nSPS) is 17.9. The van der Waals surface area contributed by atoms with Crippen molar-refractivity contribution in [2.24, 2.45) is 0 Å². The van der Waals surface area contributed by atoms with Crippen LogP contribution in [0.1, 0.15) is 48.4 Å². The van der Waals surface area contributed by atoms with E-state index in [9.17, 15) is 4.79 Å². The number of carbonyl (C=O) groups is 1. The average Bonchev–Trinajstić information content (AvgIpc) is 3.53. The molecule has 4 heteroatoms. The van der Waals surface area contributed by atoms with Gasteiger partial charge in [-0.2, -0.15) is 0 Å². The van der Waals surface area contributed by atoms with Crippen LogP contribution in [0.5, 0.6) is 5.75 Å². The van der Waals surface area contributed by atoms with Crippen molar-refractivity contribution in [1.29, 1.82) is 0 Å². The maximum Gasteiger partial charge on any atom is 0.231 e. The fourth-order valence-electron chi connectivity index (χ4n) is 4.84. The number of hydrogen-bond donors (Lipinski definition) is 1. The van der Waals surface area contributed by atoms with Gasteiger partial charge in [0.15, 0.2) is 0 Å². The fourth-order valence-corrected chi connectivity index (χ4v) is 4.84. The van der Waals surface area contributed by atoms with E-state index in [0.717, 1.165) is 49.4 Å². The standard InChI is InChI=1S/C29H32N2O2/c32-28(30-27(21-31-18-7-8-19-31)24-12-5-2-6-13-24)29(16-17-29)25-14-9-15-26(20-25)33-22-23-10-3-1-4-11-23/h1-6,9-15,20,27H,7-8,16-19,21-22H2,(H,30,32). The van der Waals surface area contributed by atoms with Crippen molar-refractivity contribution in [3.8, 4) is 5.75 Å². The number of nitrogens with one attached hydrogen (secondary N) is 1. The van der Waals surface area contributed by atoms with E-state index in [1.807, 2.05) is 42.5 Å². The molecule has 33 heavy (non-hydrogen) atoms. The quantitative estimate of drug-likeness (QED) is 0.494. The Morgan fingerprint density at radius 3 is 2.30 bits per heavy atom. The molecule has 1 atom stereocenters. The highest BCUT2D eigenvalue weighted by Crippen LogP contribution is 2.49. The molecule has 170 valence electrons. The summed E-state index contributed by atoms with van der Waals surface area (Å²) in [5, 5.41) is 3.42. The summed E-state index contributed by atoms with van der Waals surface area (Å²) in [5.41, 5.74) is 2.92. The smallest absolute Gasteiger partial charge is 0.231 e. The minimum Gasteiger partial charge on any atom is -0.489 e. The first-order valence-electron chi connectivity index (χ1n) is 12.1. The maximum atomic E-state index is 13.6. The van der Waals surface area contributed by atoms with E-state index < -0.39 is 5.41 Å². The van der Waals surface area contributed by atoms with Gasteiger partial charge in [0.05, 0.1) is 11.5 Å². The van der Waals surface area contributed by atoms with E-state index in [0.29, 0.717) is 6.61 Å². The van der Waals surface area contributed by atoms with Crippen LogP contribution in [0.15, 0.2) is 84.9 Å². The van der Waals surface area contributed by atoms with Gasteiger partial charge in [0.25, 0.3) is 0 Å². The SMILES string of the molecule is O=C(NC(CN1CCCC1)c1ccccc1)C1(c2cccc(OCc3ccccc3)c2)CC1. The van der Waals surface area contributed by atoms with Crippen LogP contribution in [0.2, 0.25) is 0 Å². The molecule has 1 amide bonds. The number of nitrogens with zero attached hydrogens (tertiary/aromatic N) is 1. The number of benzene rings is 3. The van der Waals surface area contributed by atoms with Gasteiger partial charge in [-0.05, 0) is 67.6 Å². The van der Waals surface area contributed by atoms with Crippen molar-refractivity contribution in [2.45, 2.75) is 43.7 Å². The van der Waals surface area contributed by atoms with Gasteiger partial charge in [0.1, 0.15) is 12.4 Å². The zero-order chi connectivity index (χ0) is 22.5. The zero-order valence-electron chi connectivity index (χ0n) is 19.1. The van der Waals surface area contributed by atoms with Gasteiger partial charge in [-0.15, -0.1) is 0 Å². The van der Waals surface area contributed by atoms with Crippen LogP contribution in [0.4, 0.5) is 0 Å². The van der Waals surface area contributed by atoms with E-state index >= 15 is 0 Å². The molecular formula is C29H32N2O2. The Balaban J connectivity index is 1.30. The number of ether oxygens (including phenoxy) is 1. The summed E-state index contributed by atoms with van der Waals surface area (Å²) in [6.07, 6.45) is 4.25. The Morgan fingerprint density at radius 2 is 1.61 bits per heavy atom. The van der Waals surface area contributed by atoms with Crippen molar-refractivity contribution < 1.29 is 9.53 Å². The van der Waals surface area contributed by atoms with E-state index in [1.165, 1.54) is 18.4 Å². The summed E-state index contributed by atoms with van der Waals surface area (Å²) >= 11 is 0. The van der Waals surface area contributed by atoms with Crippen LogP contribution in [-0.4, -0.2) is 30.4 Å². The van der Waals surface area contributed by atoms with Gasteiger partial charge in [0, 0.05) is 6.54 Å². The van der Waals surface area contributed by atoms with Gasteiger partial charge in [0.2, 0.25) is 5.91 Å². The lowest BCUT2D eigenvalue weighted by Gasteiger charge is -2.27. The van der Waals surface area contributed by atoms with Crippen molar-refractivity contribution >= 4 is 5.91 Å². The molecule has 3 aromatic rings. The number of likely N-dealkylation sites (tertiary alicyclic amines) is 1. The van der Waals surface area contributed by atoms with Gasteiger partial charge in [-0.1, -0.05) is 72.8 Å². The van der Waals surface area contributed by atoms with Crippen LogP contribution in [0.25, 0.3) is 0 Å². The van der Waals surface area contributed by atoms with Gasteiger partial charge in [-0.3, -0.25) is 4.79 Å². The number of hydrogen-bond acceptors (Lipinski definition) is 3. The van der Waals surface area contributed by atoms with Crippen molar-refractivity contribution in [3.05, 3.63) is 102 Å². The second kappa shape index (κ2) is 9.80. The van der Waals surface area contributed by atoms with E-state index in [-0.39, 0.29) is 11.9 Å². The van der Waals surface area contributed by atoms with Crippen LogP contribution >= 0.6 is 0 Å². The molecule has 0 aromatic heterocycles. The Morgan fingerprint density at radius 1 is 0.909 bits per heavy atom. The molecule has 1 saturated carbocycles. The lowest BCUT2D eigenvalue weighted by molar-refractivity contribution is -0.124. The molecular weight excluding hydrogens is 408 g/mol. The largest absolute Gasteiger partial charge is 0.489 e. The predicted octanol–water partition coefficient (Wildman–Crippen LogP) is 5.25. The molecule has 1 N–H and O–H groups in total. The molecule has 0 bridgehead atoms. The van der Waals surface area contributed by atoms with E-state index in [2.05, 4.69) is 52.7 Å². The van der Waals surface area contributed by atoms with Gasteiger partial charge in [-0.25, -0.2) is 0 Å². The highest BCUT2D eigenvalue weighted by atomic mass is 16.5. The summed E-state index contributed by atoms with van der Waals surface area (Å²) < 4.78 is 6.04. The van der Waals surface area contributed by atoms with Crippen molar-refractivity contribution in [1.82, 2.24) is 10.2 Å². The zero-order valence-corrected chi connectivity index (χ0v) is 19.1. The molecule has 3 aromatic carbocycles. The Kier molecular flexibility index (Phi) is 6.45. The molecule has 0 spiro atoms. The Hall–Kier alpha value is -3.11. The highest BCUT2D eigenvalue weighted by molar-refractivity contribution is 5.91. The minimum absolute atomic E-state index is 0.00629. The summed E-state index contributed by atoms with van der Waals surface area (Å²) in [7, 11) is 0. The Labute approximate surface area is 196 Å². The lowest BCUT2D eigenvalue weighted by Crippen LogP contribution is -2.41. The second-order valence-electron chi connectivity index (χ2n) is 9.33. The third-order valence-corrected chi connectivity index (χ3v) is 6.97. The first kappa shape index (κ1) is 21.7. The van der Waals surface area contributed by atoms with Crippen LogP contribution < -0.4 is 10.1 Å². The van der Waals surface area contributed by atoms with E-state index in [1.54, 1.807) is 0 Å². The molecule has 4 nitrogen and oxygen atoms in total.